The van der Waals surface area contributed by atoms with Crippen LogP contribution in [0.15, 0.2) is 67.1 Å². The first-order chi connectivity index (χ1) is 14.6. The van der Waals surface area contributed by atoms with Crippen molar-refractivity contribution >= 4 is 23.5 Å². The highest BCUT2D eigenvalue weighted by molar-refractivity contribution is 6.30. The Labute approximate surface area is 175 Å². The van der Waals surface area contributed by atoms with Gasteiger partial charge < -0.3 is 4.74 Å². The van der Waals surface area contributed by atoms with Crippen LogP contribution in [-0.4, -0.2) is 30.5 Å². The standard InChI is InChI=1S/C20H16ClFN6O2/c21-15-4-6-17(7-5-15)30-13-28-18(8-9-24-28)19(29)25-20-23-12-27(26-20)11-14-2-1-3-16(22)10-14/h1-10,12H,11,13H2,(H,25,26,29). The number of nitrogens with one attached hydrogen (secondary N) is 1. The number of ether oxygens (including phenoxy) is 1. The van der Waals surface area contributed by atoms with Crippen LogP contribution in [0.3, 0.4) is 0 Å². The summed E-state index contributed by atoms with van der Waals surface area (Å²) in [5.74, 6) is -0.0345. The normalized spacial score (nSPS) is 10.7. The number of halogens is 2. The van der Waals surface area contributed by atoms with Gasteiger partial charge in [-0.1, -0.05) is 23.7 Å². The molecule has 1 N–H and O–H groups in total. The quantitative estimate of drug-likeness (QED) is 0.488. The van der Waals surface area contributed by atoms with Crippen LogP contribution in [-0.2, 0) is 13.3 Å². The molecular weight excluding hydrogens is 411 g/mol. The Balaban J connectivity index is 1.38. The lowest BCUT2D eigenvalue weighted by Gasteiger charge is -2.09. The number of amides is 1. The minimum atomic E-state index is -0.435. The second-order valence-electron chi connectivity index (χ2n) is 6.29. The molecule has 0 fully saturated rings. The zero-order chi connectivity index (χ0) is 20.9. The fourth-order valence-electron chi connectivity index (χ4n) is 2.71. The molecule has 0 radical (unpaired) electrons. The highest BCUT2D eigenvalue weighted by atomic mass is 35.5. The van der Waals surface area contributed by atoms with Gasteiger partial charge in [-0.3, -0.25) is 10.1 Å². The highest BCUT2D eigenvalue weighted by Crippen LogP contribution is 2.16. The van der Waals surface area contributed by atoms with Gasteiger partial charge in [0.25, 0.3) is 5.91 Å². The highest BCUT2D eigenvalue weighted by Gasteiger charge is 2.15. The van der Waals surface area contributed by atoms with Crippen molar-refractivity contribution in [2.45, 2.75) is 13.3 Å². The number of carbonyl (C=O) groups is 1. The van der Waals surface area contributed by atoms with Gasteiger partial charge in [-0.15, -0.1) is 5.10 Å². The maximum Gasteiger partial charge on any atom is 0.276 e. The summed E-state index contributed by atoms with van der Waals surface area (Å²) in [6.07, 6.45) is 2.96. The van der Waals surface area contributed by atoms with E-state index in [2.05, 4.69) is 20.5 Å². The molecule has 4 rings (SSSR count). The smallest absolute Gasteiger partial charge is 0.276 e. The topological polar surface area (TPSA) is 86.9 Å². The number of aromatic nitrogens is 5. The summed E-state index contributed by atoms with van der Waals surface area (Å²) in [6, 6.07) is 14.6. The molecule has 1 amide bonds. The maximum atomic E-state index is 13.3. The predicted molar refractivity (Wildman–Crippen MR) is 108 cm³/mol. The van der Waals surface area contributed by atoms with Gasteiger partial charge in [-0.2, -0.15) is 5.10 Å². The van der Waals surface area contributed by atoms with Crippen LogP contribution in [0.25, 0.3) is 0 Å². The number of hydrogen-bond acceptors (Lipinski definition) is 5. The Bertz CT molecular complexity index is 1160. The van der Waals surface area contributed by atoms with E-state index in [0.717, 1.165) is 5.56 Å². The predicted octanol–water partition coefficient (Wildman–Crippen LogP) is 3.60. The Hall–Kier alpha value is -3.72. The monoisotopic (exact) mass is 426 g/mol. The van der Waals surface area contributed by atoms with Crippen molar-refractivity contribution in [3.63, 3.8) is 0 Å². The minimum Gasteiger partial charge on any atom is -0.471 e. The molecule has 0 aliphatic rings. The first kappa shape index (κ1) is 19.6. The molecule has 0 aliphatic carbocycles. The van der Waals surface area contributed by atoms with Gasteiger partial charge in [0.1, 0.15) is 23.6 Å². The van der Waals surface area contributed by atoms with Gasteiger partial charge in [-0.25, -0.2) is 18.7 Å². The molecule has 0 unspecified atom stereocenters. The van der Waals surface area contributed by atoms with Crippen LogP contribution in [0, 0.1) is 5.82 Å². The molecule has 0 bridgehead atoms. The molecule has 152 valence electrons. The Morgan fingerprint density at radius 3 is 2.80 bits per heavy atom. The molecule has 10 heteroatoms. The van der Waals surface area contributed by atoms with Crippen LogP contribution in [0.5, 0.6) is 5.75 Å². The zero-order valence-electron chi connectivity index (χ0n) is 15.6. The van der Waals surface area contributed by atoms with Crippen LogP contribution in [0.1, 0.15) is 16.1 Å². The molecule has 2 aromatic heterocycles. The van der Waals surface area contributed by atoms with Crippen molar-refractivity contribution in [3.05, 3.63) is 89.2 Å². The minimum absolute atomic E-state index is 0.0405. The van der Waals surface area contributed by atoms with E-state index in [4.69, 9.17) is 16.3 Å². The third-order valence-electron chi connectivity index (χ3n) is 4.11. The molecule has 30 heavy (non-hydrogen) atoms. The van der Waals surface area contributed by atoms with Gasteiger partial charge in [0.15, 0.2) is 6.73 Å². The van der Waals surface area contributed by atoms with E-state index in [1.54, 1.807) is 42.5 Å². The third-order valence-corrected chi connectivity index (χ3v) is 4.36. The fraction of sp³-hybridized carbons (Fsp3) is 0.100. The van der Waals surface area contributed by atoms with Crippen molar-refractivity contribution in [2.24, 2.45) is 0 Å². The second kappa shape index (κ2) is 8.75. The van der Waals surface area contributed by atoms with Crippen LogP contribution < -0.4 is 10.1 Å². The molecule has 0 saturated heterocycles. The maximum absolute atomic E-state index is 13.3. The van der Waals surface area contributed by atoms with E-state index < -0.39 is 5.91 Å². The Morgan fingerprint density at radius 2 is 2.00 bits per heavy atom. The number of hydrogen-bond donors (Lipinski definition) is 1. The summed E-state index contributed by atoms with van der Waals surface area (Å²) in [5.41, 5.74) is 1.01. The Kier molecular flexibility index (Phi) is 5.71. The van der Waals surface area contributed by atoms with E-state index in [-0.39, 0.29) is 24.2 Å². The largest absolute Gasteiger partial charge is 0.471 e. The van der Waals surface area contributed by atoms with Gasteiger partial charge in [0, 0.05) is 11.2 Å². The molecule has 2 heterocycles. The van der Waals surface area contributed by atoms with Gasteiger partial charge in [0.2, 0.25) is 5.95 Å². The number of anilines is 1. The molecule has 8 nitrogen and oxygen atoms in total. The summed E-state index contributed by atoms with van der Waals surface area (Å²) in [6.45, 7) is 0.367. The van der Waals surface area contributed by atoms with Gasteiger partial charge in [0.05, 0.1) is 6.54 Å². The molecule has 0 aliphatic heterocycles. The summed E-state index contributed by atoms with van der Waals surface area (Å²) >= 11 is 5.85. The molecule has 2 aromatic carbocycles. The second-order valence-corrected chi connectivity index (χ2v) is 6.73. The lowest BCUT2D eigenvalue weighted by Crippen LogP contribution is -2.20. The summed E-state index contributed by atoms with van der Waals surface area (Å²) in [7, 11) is 0. The molecule has 0 spiro atoms. The lowest BCUT2D eigenvalue weighted by atomic mass is 10.2. The first-order valence-electron chi connectivity index (χ1n) is 8.92. The summed E-state index contributed by atoms with van der Waals surface area (Å²) in [5, 5.41) is 11.5. The van der Waals surface area contributed by atoms with Crippen LogP contribution in [0.4, 0.5) is 10.3 Å². The van der Waals surface area contributed by atoms with Gasteiger partial charge in [-0.05, 0) is 48.0 Å². The Morgan fingerprint density at radius 1 is 1.17 bits per heavy atom. The summed E-state index contributed by atoms with van der Waals surface area (Å²) < 4.78 is 21.8. The number of benzene rings is 2. The van der Waals surface area contributed by atoms with E-state index >= 15 is 0 Å². The first-order valence-corrected chi connectivity index (χ1v) is 9.30. The fourth-order valence-corrected chi connectivity index (χ4v) is 2.84. The van der Waals surface area contributed by atoms with E-state index in [9.17, 15) is 9.18 Å². The van der Waals surface area contributed by atoms with Crippen LogP contribution >= 0.6 is 11.6 Å². The molecule has 0 saturated carbocycles. The van der Waals surface area contributed by atoms with E-state index in [0.29, 0.717) is 17.3 Å². The zero-order valence-corrected chi connectivity index (χ0v) is 16.3. The van der Waals surface area contributed by atoms with E-state index in [1.807, 2.05) is 0 Å². The number of rotatable bonds is 7. The average Bonchev–Trinajstić information content (AvgIpc) is 3.37. The molecular formula is C20H16ClFN6O2. The average molecular weight is 427 g/mol. The number of nitrogens with zero attached hydrogens (tertiary/aromatic N) is 5. The summed E-state index contributed by atoms with van der Waals surface area (Å²) in [4.78, 5) is 16.6. The van der Waals surface area contributed by atoms with Crippen molar-refractivity contribution < 1.29 is 13.9 Å². The molecule has 4 aromatic rings. The van der Waals surface area contributed by atoms with Crippen molar-refractivity contribution in [3.8, 4) is 5.75 Å². The van der Waals surface area contributed by atoms with Crippen molar-refractivity contribution in [1.82, 2.24) is 24.5 Å². The van der Waals surface area contributed by atoms with Gasteiger partial charge >= 0.3 is 0 Å². The van der Waals surface area contributed by atoms with Crippen molar-refractivity contribution in [1.29, 1.82) is 0 Å². The lowest BCUT2D eigenvalue weighted by molar-refractivity contribution is 0.100. The third kappa shape index (κ3) is 4.81. The van der Waals surface area contributed by atoms with Crippen LogP contribution in [0.2, 0.25) is 5.02 Å². The van der Waals surface area contributed by atoms with Crippen molar-refractivity contribution in [2.75, 3.05) is 5.32 Å². The molecule has 0 atom stereocenters. The SMILES string of the molecule is O=C(Nc1ncn(Cc2cccc(F)c2)n1)c1ccnn1COc1ccc(Cl)cc1. The van der Waals surface area contributed by atoms with E-state index in [1.165, 1.54) is 34.0 Å². The number of carbonyl (C=O) groups excluding carboxylic acids is 1.